The van der Waals surface area contributed by atoms with E-state index in [9.17, 15) is 4.79 Å². The van der Waals surface area contributed by atoms with E-state index in [1.54, 1.807) is 0 Å². The number of hydrogen-bond acceptors (Lipinski definition) is 4. The van der Waals surface area contributed by atoms with E-state index in [-0.39, 0.29) is 17.4 Å². The molecule has 4 saturated carbocycles. The Morgan fingerprint density at radius 1 is 0.972 bits per heavy atom. The molecule has 4 aliphatic carbocycles. The van der Waals surface area contributed by atoms with Gasteiger partial charge in [0.1, 0.15) is 11.9 Å². The fraction of sp³-hybridized carbons (Fsp3) is 0.710. The van der Waals surface area contributed by atoms with Crippen molar-refractivity contribution in [3.05, 3.63) is 41.4 Å². The van der Waals surface area contributed by atoms with Gasteiger partial charge in [-0.15, -0.1) is 0 Å². The number of ether oxygens (including phenoxy) is 1. The number of fused-ring (bicyclic) bond motifs is 5. The van der Waals surface area contributed by atoms with Crippen molar-refractivity contribution in [2.75, 3.05) is 6.61 Å². The summed E-state index contributed by atoms with van der Waals surface area (Å²) in [6.45, 7) is 11.5. The quantitative estimate of drug-likeness (QED) is 0.390. The summed E-state index contributed by atoms with van der Waals surface area (Å²) < 4.78 is 6.47. The molecule has 1 aliphatic heterocycles. The molecule has 36 heavy (non-hydrogen) atoms. The first kappa shape index (κ1) is 25.1. The van der Waals surface area contributed by atoms with Crippen molar-refractivity contribution in [2.24, 2.45) is 40.4 Å². The van der Waals surface area contributed by atoms with Crippen LogP contribution in [0.4, 0.5) is 0 Å². The second-order valence-electron chi connectivity index (χ2n) is 13.1. The van der Waals surface area contributed by atoms with Crippen LogP contribution >= 0.6 is 11.6 Å². The Morgan fingerprint density at radius 3 is 2.42 bits per heavy atom. The zero-order valence-corrected chi connectivity index (χ0v) is 22.8. The lowest BCUT2D eigenvalue weighted by Gasteiger charge is -2.62. The van der Waals surface area contributed by atoms with Crippen molar-refractivity contribution in [3.63, 3.8) is 0 Å². The molecule has 5 fully saturated rings. The molecule has 1 aromatic carbocycles. The van der Waals surface area contributed by atoms with Gasteiger partial charge in [0, 0.05) is 23.8 Å². The Morgan fingerprint density at radius 2 is 1.72 bits per heavy atom. The van der Waals surface area contributed by atoms with Crippen molar-refractivity contribution in [1.29, 1.82) is 0 Å². The van der Waals surface area contributed by atoms with Gasteiger partial charge >= 0.3 is 0 Å². The van der Waals surface area contributed by atoms with Crippen LogP contribution in [-0.4, -0.2) is 24.3 Å². The number of ketones is 1. The van der Waals surface area contributed by atoms with E-state index in [1.807, 2.05) is 31.2 Å². The third kappa shape index (κ3) is 3.85. The summed E-state index contributed by atoms with van der Waals surface area (Å²) in [6, 6.07) is 7.65. The first-order chi connectivity index (χ1) is 17.2. The molecule has 1 aromatic rings. The molecule has 5 aliphatic rings. The van der Waals surface area contributed by atoms with Crippen molar-refractivity contribution in [2.45, 2.75) is 90.4 Å². The van der Waals surface area contributed by atoms with Gasteiger partial charge in [0.2, 0.25) is 5.79 Å². The van der Waals surface area contributed by atoms with E-state index in [2.05, 4.69) is 20.4 Å². The number of carbonyl (C=O) groups excluding carboxylic acids is 1. The van der Waals surface area contributed by atoms with Crippen LogP contribution in [0.3, 0.4) is 0 Å². The fourth-order valence-electron chi connectivity index (χ4n) is 9.51. The summed E-state index contributed by atoms with van der Waals surface area (Å²) in [4.78, 5) is 24.5. The Kier molecular flexibility index (Phi) is 6.23. The third-order valence-corrected chi connectivity index (χ3v) is 11.8. The minimum Gasteiger partial charge on any atom is -0.344 e. The molecule has 6 rings (SSSR count). The highest BCUT2D eigenvalue weighted by molar-refractivity contribution is 6.30. The van der Waals surface area contributed by atoms with Crippen LogP contribution in [0, 0.1) is 40.4 Å². The number of rotatable bonds is 3. The molecular weight excluding hydrogens is 472 g/mol. The van der Waals surface area contributed by atoms with Gasteiger partial charge in [-0.05, 0) is 110 Å². The maximum absolute atomic E-state index is 12.4. The molecule has 0 aromatic heterocycles. The van der Waals surface area contributed by atoms with Crippen LogP contribution in [-0.2, 0) is 19.3 Å². The standard InChI is InChI=1S/C31H41ClO4/c1-19(21-5-8-23(32)9-6-21)28-18-34-31(36-35-28)16-15-29(3)22(17-31)7-10-24-26-12-11-25(20(2)33)30(26,4)14-13-27(24)29/h5-6,8-9,22,24-28H,1,7,10-18H2,2-4H3/t22-,24+,25-,26+,27+,28+,29+,30-,31+/m1/s1. The average Bonchev–Trinajstić information content (AvgIpc) is 3.23. The second-order valence-corrected chi connectivity index (χ2v) is 13.5. The van der Waals surface area contributed by atoms with Gasteiger partial charge in [-0.2, -0.15) is 0 Å². The summed E-state index contributed by atoms with van der Waals surface area (Å²) >= 11 is 6.04. The smallest absolute Gasteiger partial charge is 0.202 e. The molecule has 1 spiro atoms. The van der Waals surface area contributed by atoms with E-state index in [0.29, 0.717) is 34.7 Å². The molecule has 9 atom stereocenters. The van der Waals surface area contributed by atoms with Gasteiger partial charge in [-0.25, -0.2) is 9.78 Å². The van der Waals surface area contributed by atoms with Gasteiger partial charge < -0.3 is 4.74 Å². The monoisotopic (exact) mass is 512 g/mol. The molecule has 0 N–H and O–H groups in total. The zero-order valence-electron chi connectivity index (χ0n) is 22.1. The summed E-state index contributed by atoms with van der Waals surface area (Å²) in [5.41, 5.74) is 2.38. The van der Waals surface area contributed by atoms with Gasteiger partial charge in [-0.3, -0.25) is 4.79 Å². The predicted octanol–water partition coefficient (Wildman–Crippen LogP) is 7.64. The number of benzene rings is 1. The molecule has 1 heterocycles. The molecular formula is C31H41ClO4. The van der Waals surface area contributed by atoms with E-state index in [4.69, 9.17) is 26.1 Å². The lowest BCUT2D eigenvalue weighted by atomic mass is 9.44. The second kappa shape index (κ2) is 8.93. The van der Waals surface area contributed by atoms with Gasteiger partial charge in [0.05, 0.1) is 6.61 Å². The van der Waals surface area contributed by atoms with Crippen LogP contribution in [0.15, 0.2) is 30.8 Å². The summed E-state index contributed by atoms with van der Waals surface area (Å²) in [6.07, 6.45) is 9.91. The highest BCUT2D eigenvalue weighted by Crippen LogP contribution is 2.68. The maximum Gasteiger partial charge on any atom is 0.202 e. The summed E-state index contributed by atoms with van der Waals surface area (Å²) in [7, 11) is 0. The average molecular weight is 513 g/mol. The maximum atomic E-state index is 12.4. The van der Waals surface area contributed by atoms with Crippen LogP contribution < -0.4 is 0 Å². The summed E-state index contributed by atoms with van der Waals surface area (Å²) in [5, 5.41) is 0.705. The van der Waals surface area contributed by atoms with Gasteiger partial charge in [0.25, 0.3) is 0 Å². The van der Waals surface area contributed by atoms with Gasteiger partial charge in [0.15, 0.2) is 0 Å². The molecule has 0 amide bonds. The molecule has 196 valence electrons. The minimum absolute atomic E-state index is 0.219. The van der Waals surface area contributed by atoms with Crippen LogP contribution in [0.2, 0.25) is 5.02 Å². The minimum atomic E-state index is -0.635. The van der Waals surface area contributed by atoms with Crippen LogP contribution in [0.5, 0.6) is 0 Å². The molecule has 1 saturated heterocycles. The number of halogens is 1. The first-order valence-corrected chi connectivity index (χ1v) is 14.5. The molecule has 0 bridgehead atoms. The zero-order chi connectivity index (χ0) is 25.3. The Bertz CT molecular complexity index is 1030. The lowest BCUT2D eigenvalue weighted by molar-refractivity contribution is -0.489. The molecule has 0 unspecified atom stereocenters. The van der Waals surface area contributed by atoms with Crippen LogP contribution in [0.25, 0.3) is 5.57 Å². The number of hydrogen-bond donors (Lipinski definition) is 0. The van der Waals surface area contributed by atoms with Crippen molar-refractivity contribution >= 4 is 23.0 Å². The normalized spacial score (nSPS) is 46.0. The molecule has 4 nitrogen and oxygen atoms in total. The van der Waals surface area contributed by atoms with E-state index >= 15 is 0 Å². The third-order valence-electron chi connectivity index (χ3n) is 11.6. The van der Waals surface area contributed by atoms with Gasteiger partial charge in [-0.1, -0.05) is 44.2 Å². The summed E-state index contributed by atoms with van der Waals surface area (Å²) in [5.74, 6) is 2.87. The van der Waals surface area contributed by atoms with Crippen LogP contribution in [0.1, 0.15) is 84.1 Å². The number of carbonyl (C=O) groups is 1. The van der Waals surface area contributed by atoms with Crippen molar-refractivity contribution in [3.8, 4) is 0 Å². The van der Waals surface area contributed by atoms with E-state index < -0.39 is 5.79 Å². The number of Topliss-reactive ketones (excluding diaryl/α,β-unsaturated/α-hetero) is 1. The Labute approximate surface area is 221 Å². The highest BCUT2D eigenvalue weighted by atomic mass is 35.5. The topological polar surface area (TPSA) is 44.8 Å². The van der Waals surface area contributed by atoms with E-state index in [0.717, 1.165) is 48.7 Å². The lowest BCUT2D eigenvalue weighted by Crippen LogP contribution is -2.58. The SMILES string of the molecule is C=C(c1ccc(Cl)cc1)[C@@H]1CO[C@@]2(CC[C@@]3(C)[C@H](CC[C@@H]4[C@@H]3CC[C@]3(C)[C@@H](C(C)=O)CC[C@@H]43)C2)OO1. The largest absolute Gasteiger partial charge is 0.344 e. The molecule has 0 radical (unpaired) electrons. The van der Waals surface area contributed by atoms with Crippen molar-refractivity contribution < 1.29 is 19.3 Å². The Balaban J connectivity index is 1.12. The molecule has 5 heteroatoms. The first-order valence-electron chi connectivity index (χ1n) is 14.1. The van der Waals surface area contributed by atoms with Crippen molar-refractivity contribution in [1.82, 2.24) is 0 Å². The Hall–Kier alpha value is -1.20. The fourth-order valence-corrected chi connectivity index (χ4v) is 9.63. The predicted molar refractivity (Wildman–Crippen MR) is 141 cm³/mol. The van der Waals surface area contributed by atoms with E-state index in [1.165, 1.54) is 32.1 Å². The highest BCUT2D eigenvalue weighted by Gasteiger charge is 2.62.